The number of rotatable bonds is 7. The first kappa shape index (κ1) is 19.6. The van der Waals surface area contributed by atoms with Gasteiger partial charge in [0.2, 0.25) is 5.91 Å². The Bertz CT molecular complexity index is 958. The molecule has 0 radical (unpaired) electrons. The molecule has 0 saturated carbocycles. The van der Waals surface area contributed by atoms with Gasteiger partial charge in [0, 0.05) is 23.1 Å². The fraction of sp³-hybridized carbons (Fsp3) is 0.190. The summed E-state index contributed by atoms with van der Waals surface area (Å²) in [5.41, 5.74) is 2.26. The number of anilines is 1. The second kappa shape index (κ2) is 9.19. The summed E-state index contributed by atoms with van der Waals surface area (Å²) in [5.74, 6) is 0.919. The van der Waals surface area contributed by atoms with Crippen LogP contribution in [0.3, 0.4) is 0 Å². The number of nitrogens with zero attached hydrogens (tertiary/aromatic N) is 2. The van der Waals surface area contributed by atoms with Gasteiger partial charge in [-0.2, -0.15) is 0 Å². The predicted molar refractivity (Wildman–Crippen MR) is 108 cm³/mol. The molecule has 0 aliphatic carbocycles. The number of ether oxygens (including phenoxy) is 2. The maximum absolute atomic E-state index is 12.2. The molecule has 0 bridgehead atoms. The molecule has 3 rings (SSSR count). The average molecular weight is 398 g/mol. The molecule has 7 heteroatoms. The number of benzene rings is 2. The minimum absolute atomic E-state index is 0.174. The number of amides is 1. The van der Waals surface area contributed by atoms with E-state index in [9.17, 15) is 4.79 Å². The van der Waals surface area contributed by atoms with Crippen LogP contribution in [0.25, 0.3) is 0 Å². The van der Waals surface area contributed by atoms with Crippen LogP contribution in [0, 0.1) is 13.8 Å². The van der Waals surface area contributed by atoms with E-state index in [2.05, 4.69) is 15.3 Å². The lowest BCUT2D eigenvalue weighted by molar-refractivity contribution is -0.116. The van der Waals surface area contributed by atoms with E-state index in [4.69, 9.17) is 21.1 Å². The molecule has 6 nitrogen and oxygen atoms in total. The number of carbonyl (C=O) groups excluding carboxylic acids is 1. The molecule has 2 aromatic carbocycles. The lowest BCUT2D eigenvalue weighted by Crippen LogP contribution is -2.15. The zero-order chi connectivity index (χ0) is 19.9. The van der Waals surface area contributed by atoms with Crippen LogP contribution in [-0.2, 0) is 4.79 Å². The molecule has 144 valence electrons. The Morgan fingerprint density at radius 1 is 1.04 bits per heavy atom. The van der Waals surface area contributed by atoms with Gasteiger partial charge in [-0.15, -0.1) is 0 Å². The summed E-state index contributed by atoms with van der Waals surface area (Å²) in [6, 6.07) is 16.3. The summed E-state index contributed by atoms with van der Waals surface area (Å²) < 4.78 is 11.2. The highest BCUT2D eigenvalue weighted by molar-refractivity contribution is 6.32. The number of halogens is 1. The second-order valence-corrected chi connectivity index (χ2v) is 6.55. The van der Waals surface area contributed by atoms with Crippen LogP contribution in [0.5, 0.6) is 17.5 Å². The molecular formula is C21H20ClN3O3. The van der Waals surface area contributed by atoms with Gasteiger partial charge in [-0.25, -0.2) is 9.97 Å². The van der Waals surface area contributed by atoms with Crippen LogP contribution >= 0.6 is 11.6 Å². The lowest BCUT2D eigenvalue weighted by atomic mass is 10.3. The first-order chi connectivity index (χ1) is 13.5. The summed E-state index contributed by atoms with van der Waals surface area (Å²) in [4.78, 5) is 20.7. The Labute approximate surface area is 168 Å². The van der Waals surface area contributed by atoms with E-state index in [1.807, 2.05) is 32.0 Å². The van der Waals surface area contributed by atoms with Crippen molar-refractivity contribution in [3.8, 4) is 17.5 Å². The summed E-state index contributed by atoms with van der Waals surface area (Å²) in [7, 11) is 0. The first-order valence-corrected chi connectivity index (χ1v) is 9.15. The van der Waals surface area contributed by atoms with Crippen molar-refractivity contribution in [3.05, 3.63) is 71.0 Å². The molecule has 0 aliphatic rings. The van der Waals surface area contributed by atoms with Gasteiger partial charge in [0.25, 0.3) is 0 Å². The number of para-hydroxylation sites is 1. The number of aryl methyl sites for hydroxylation is 2. The average Bonchev–Trinajstić information content (AvgIpc) is 2.63. The van der Waals surface area contributed by atoms with E-state index in [0.29, 0.717) is 22.2 Å². The molecule has 1 heterocycles. The highest BCUT2D eigenvalue weighted by Crippen LogP contribution is 2.24. The first-order valence-electron chi connectivity index (χ1n) is 8.77. The van der Waals surface area contributed by atoms with Crippen molar-refractivity contribution in [1.29, 1.82) is 0 Å². The third-order valence-corrected chi connectivity index (χ3v) is 4.02. The summed E-state index contributed by atoms with van der Waals surface area (Å²) >= 11 is 6.02. The van der Waals surface area contributed by atoms with E-state index < -0.39 is 0 Å². The van der Waals surface area contributed by atoms with Crippen LogP contribution in [0.1, 0.15) is 17.8 Å². The maximum Gasteiger partial charge on any atom is 0.322 e. The highest BCUT2D eigenvalue weighted by atomic mass is 35.5. The Morgan fingerprint density at radius 2 is 1.79 bits per heavy atom. The molecule has 0 atom stereocenters. The summed E-state index contributed by atoms with van der Waals surface area (Å²) in [6.45, 7) is 3.98. The van der Waals surface area contributed by atoms with Gasteiger partial charge in [0.05, 0.1) is 18.1 Å². The topological polar surface area (TPSA) is 73.3 Å². The van der Waals surface area contributed by atoms with Crippen molar-refractivity contribution < 1.29 is 14.3 Å². The molecular weight excluding hydrogens is 378 g/mol. The van der Waals surface area contributed by atoms with Gasteiger partial charge in [-0.3, -0.25) is 4.79 Å². The fourth-order valence-corrected chi connectivity index (χ4v) is 2.71. The number of nitrogens with one attached hydrogen (secondary N) is 1. The van der Waals surface area contributed by atoms with Crippen molar-refractivity contribution >= 4 is 23.2 Å². The van der Waals surface area contributed by atoms with Gasteiger partial charge < -0.3 is 14.8 Å². The van der Waals surface area contributed by atoms with Crippen molar-refractivity contribution in [3.63, 3.8) is 0 Å². The molecule has 1 amide bonds. The van der Waals surface area contributed by atoms with Crippen molar-refractivity contribution in [1.82, 2.24) is 9.97 Å². The quantitative estimate of drug-likeness (QED) is 0.610. The Hall–Kier alpha value is -3.12. The third kappa shape index (κ3) is 5.69. The van der Waals surface area contributed by atoms with E-state index in [-0.39, 0.29) is 24.9 Å². The standard InChI is InChI=1S/C21H20ClN3O3/c1-14-12-15(2)24-21(23-14)28-17-7-5-6-16(13-17)25-20(26)10-11-27-19-9-4-3-8-18(19)22/h3-9,12-13H,10-11H2,1-2H3,(H,25,26). The zero-order valence-corrected chi connectivity index (χ0v) is 16.4. The number of aromatic nitrogens is 2. The number of hydrogen-bond acceptors (Lipinski definition) is 5. The zero-order valence-electron chi connectivity index (χ0n) is 15.6. The van der Waals surface area contributed by atoms with E-state index >= 15 is 0 Å². The van der Waals surface area contributed by atoms with Gasteiger partial charge in [0.15, 0.2) is 0 Å². The lowest BCUT2D eigenvalue weighted by Gasteiger charge is -2.10. The Balaban J connectivity index is 1.55. The van der Waals surface area contributed by atoms with Crippen LogP contribution in [0.15, 0.2) is 54.6 Å². The van der Waals surface area contributed by atoms with Gasteiger partial charge >= 0.3 is 6.01 Å². The number of carbonyl (C=O) groups is 1. The highest BCUT2D eigenvalue weighted by Gasteiger charge is 2.07. The monoisotopic (exact) mass is 397 g/mol. The largest absolute Gasteiger partial charge is 0.491 e. The molecule has 3 aromatic rings. The second-order valence-electron chi connectivity index (χ2n) is 6.14. The predicted octanol–water partition coefficient (Wildman–Crippen LogP) is 4.95. The fourth-order valence-electron chi connectivity index (χ4n) is 2.52. The molecule has 1 aromatic heterocycles. The molecule has 0 unspecified atom stereocenters. The van der Waals surface area contributed by atoms with Crippen molar-refractivity contribution in [2.24, 2.45) is 0 Å². The van der Waals surface area contributed by atoms with Gasteiger partial charge in [-0.05, 0) is 44.2 Å². The van der Waals surface area contributed by atoms with Crippen LogP contribution in [0.2, 0.25) is 5.02 Å². The molecule has 0 fully saturated rings. The van der Waals surface area contributed by atoms with Crippen LogP contribution in [0.4, 0.5) is 5.69 Å². The molecule has 28 heavy (non-hydrogen) atoms. The molecule has 0 saturated heterocycles. The summed E-state index contributed by atoms with van der Waals surface area (Å²) in [6.07, 6.45) is 0.191. The maximum atomic E-state index is 12.2. The van der Waals surface area contributed by atoms with E-state index in [1.165, 1.54) is 0 Å². The smallest absolute Gasteiger partial charge is 0.322 e. The minimum atomic E-state index is -0.174. The van der Waals surface area contributed by atoms with Crippen molar-refractivity contribution in [2.45, 2.75) is 20.3 Å². The Morgan fingerprint density at radius 3 is 2.54 bits per heavy atom. The molecule has 0 aliphatic heterocycles. The summed E-state index contributed by atoms with van der Waals surface area (Å²) in [5, 5.41) is 3.33. The third-order valence-electron chi connectivity index (χ3n) is 3.71. The van der Waals surface area contributed by atoms with Crippen LogP contribution in [-0.4, -0.2) is 22.5 Å². The molecule has 0 spiro atoms. The number of hydrogen-bond donors (Lipinski definition) is 1. The van der Waals surface area contributed by atoms with E-state index in [0.717, 1.165) is 11.4 Å². The van der Waals surface area contributed by atoms with E-state index in [1.54, 1.807) is 36.4 Å². The van der Waals surface area contributed by atoms with Crippen LogP contribution < -0.4 is 14.8 Å². The normalized spacial score (nSPS) is 10.4. The van der Waals surface area contributed by atoms with Crippen molar-refractivity contribution in [2.75, 3.05) is 11.9 Å². The Kier molecular flexibility index (Phi) is 6.45. The molecule has 1 N–H and O–H groups in total. The minimum Gasteiger partial charge on any atom is -0.491 e. The van der Waals surface area contributed by atoms with Gasteiger partial charge in [-0.1, -0.05) is 29.8 Å². The SMILES string of the molecule is Cc1cc(C)nc(Oc2cccc(NC(=O)CCOc3ccccc3Cl)c2)n1. The van der Waals surface area contributed by atoms with Gasteiger partial charge in [0.1, 0.15) is 11.5 Å².